The van der Waals surface area contributed by atoms with Crippen molar-refractivity contribution in [3.63, 3.8) is 0 Å². The molecule has 1 N–H and O–H groups in total. The molecule has 2 aromatic rings. The van der Waals surface area contributed by atoms with Crippen molar-refractivity contribution in [3.8, 4) is 0 Å². The number of carbonyl (C=O) groups is 2. The Morgan fingerprint density at radius 1 is 1.19 bits per heavy atom. The van der Waals surface area contributed by atoms with E-state index < -0.39 is 0 Å². The van der Waals surface area contributed by atoms with E-state index in [1.54, 1.807) is 11.3 Å². The van der Waals surface area contributed by atoms with Gasteiger partial charge in [0.15, 0.2) is 0 Å². The van der Waals surface area contributed by atoms with E-state index in [9.17, 15) is 9.59 Å². The molecule has 6 heteroatoms. The fourth-order valence-electron chi connectivity index (χ4n) is 3.39. The first-order chi connectivity index (χ1) is 13.0. The lowest BCUT2D eigenvalue weighted by molar-refractivity contribution is -0.134. The smallest absolute Gasteiger partial charge is 0.223 e. The fourth-order valence-corrected chi connectivity index (χ4v) is 4.28. The molecule has 0 bridgehead atoms. The minimum atomic E-state index is -0.0767. The van der Waals surface area contributed by atoms with E-state index in [1.807, 2.05) is 49.3 Å². The number of rotatable bonds is 7. The summed E-state index contributed by atoms with van der Waals surface area (Å²) in [6.45, 7) is 2.14. The average molecular weight is 386 g/mol. The number of likely N-dealkylation sites (N-methyl/N-ethyl adjacent to an activating group) is 1. The summed E-state index contributed by atoms with van der Waals surface area (Å²) < 4.78 is 0. The van der Waals surface area contributed by atoms with Crippen LogP contribution in [0, 0.1) is 0 Å². The molecule has 0 saturated heterocycles. The summed E-state index contributed by atoms with van der Waals surface area (Å²) in [4.78, 5) is 30.3. The second kappa shape index (κ2) is 9.15. The molecule has 1 atom stereocenters. The standard InChI is InChI=1S/C21H27N3O2S/c1-23(2)15-18(16-6-4-3-5-7-16)22-20(25)8-9-21(26)24-12-10-19-17(14-24)11-13-27-19/h3-7,11,13,18H,8-10,12,14-15H2,1-2H3,(H,22,25). The van der Waals surface area contributed by atoms with Gasteiger partial charge in [0.05, 0.1) is 6.04 Å². The molecule has 1 aliphatic heterocycles. The van der Waals surface area contributed by atoms with Gasteiger partial charge in [-0.15, -0.1) is 11.3 Å². The van der Waals surface area contributed by atoms with Crippen LogP contribution in [-0.4, -0.2) is 48.8 Å². The lowest BCUT2D eigenvalue weighted by Gasteiger charge is -2.27. The first-order valence-electron chi connectivity index (χ1n) is 9.35. The van der Waals surface area contributed by atoms with Crippen LogP contribution in [0.15, 0.2) is 41.8 Å². The molecular weight excluding hydrogens is 358 g/mol. The molecule has 0 aliphatic carbocycles. The van der Waals surface area contributed by atoms with Crippen LogP contribution < -0.4 is 5.32 Å². The van der Waals surface area contributed by atoms with Gasteiger partial charge in [0.2, 0.25) is 11.8 Å². The van der Waals surface area contributed by atoms with Gasteiger partial charge in [0.25, 0.3) is 0 Å². The number of amides is 2. The van der Waals surface area contributed by atoms with Gasteiger partial charge >= 0.3 is 0 Å². The number of fused-ring (bicyclic) bond motifs is 1. The number of carbonyl (C=O) groups excluding carboxylic acids is 2. The molecule has 5 nitrogen and oxygen atoms in total. The minimum Gasteiger partial charge on any atom is -0.348 e. The van der Waals surface area contributed by atoms with E-state index in [4.69, 9.17) is 0 Å². The van der Waals surface area contributed by atoms with Crippen LogP contribution in [0.5, 0.6) is 0 Å². The molecule has 1 aromatic carbocycles. The third-order valence-corrected chi connectivity index (χ3v) is 5.83. The molecule has 0 saturated carbocycles. The highest BCUT2D eigenvalue weighted by molar-refractivity contribution is 7.10. The molecule has 1 aromatic heterocycles. The zero-order valence-electron chi connectivity index (χ0n) is 16.0. The van der Waals surface area contributed by atoms with Gasteiger partial charge in [0, 0.05) is 37.4 Å². The summed E-state index contributed by atoms with van der Waals surface area (Å²) in [5.74, 6) is -0.0156. The van der Waals surface area contributed by atoms with Crippen molar-refractivity contribution in [2.24, 2.45) is 0 Å². The largest absolute Gasteiger partial charge is 0.348 e. The Hall–Kier alpha value is -2.18. The average Bonchev–Trinajstić information content (AvgIpc) is 3.13. The van der Waals surface area contributed by atoms with Crippen LogP contribution in [0.25, 0.3) is 0 Å². The van der Waals surface area contributed by atoms with Gasteiger partial charge in [-0.05, 0) is 43.1 Å². The Kier molecular flexibility index (Phi) is 6.63. The van der Waals surface area contributed by atoms with Crippen LogP contribution in [0.1, 0.15) is 34.9 Å². The quantitative estimate of drug-likeness (QED) is 0.797. The zero-order valence-corrected chi connectivity index (χ0v) is 16.8. The van der Waals surface area contributed by atoms with E-state index in [2.05, 4.69) is 21.7 Å². The molecule has 0 radical (unpaired) electrons. The molecule has 2 heterocycles. The molecule has 1 unspecified atom stereocenters. The van der Waals surface area contributed by atoms with E-state index >= 15 is 0 Å². The molecule has 1 aliphatic rings. The van der Waals surface area contributed by atoms with Crippen LogP contribution in [0.4, 0.5) is 0 Å². The van der Waals surface area contributed by atoms with Gasteiger partial charge < -0.3 is 15.1 Å². The van der Waals surface area contributed by atoms with Crippen molar-refractivity contribution in [2.75, 3.05) is 27.2 Å². The Morgan fingerprint density at radius 3 is 2.70 bits per heavy atom. The van der Waals surface area contributed by atoms with Crippen molar-refractivity contribution < 1.29 is 9.59 Å². The van der Waals surface area contributed by atoms with Crippen molar-refractivity contribution in [3.05, 3.63) is 57.8 Å². The maximum Gasteiger partial charge on any atom is 0.223 e. The van der Waals surface area contributed by atoms with Crippen LogP contribution in [0.2, 0.25) is 0 Å². The SMILES string of the molecule is CN(C)CC(NC(=O)CCC(=O)N1CCc2sccc2C1)c1ccccc1. The second-order valence-electron chi connectivity index (χ2n) is 7.23. The maximum absolute atomic E-state index is 12.5. The van der Waals surface area contributed by atoms with E-state index in [0.29, 0.717) is 6.54 Å². The monoisotopic (exact) mass is 385 g/mol. The van der Waals surface area contributed by atoms with Crippen molar-refractivity contribution in [1.82, 2.24) is 15.1 Å². The van der Waals surface area contributed by atoms with Crippen molar-refractivity contribution >= 4 is 23.2 Å². The normalized spacial score (nSPS) is 14.7. The van der Waals surface area contributed by atoms with Crippen LogP contribution >= 0.6 is 11.3 Å². The third-order valence-electron chi connectivity index (χ3n) is 4.81. The number of nitrogens with one attached hydrogen (secondary N) is 1. The predicted molar refractivity (Wildman–Crippen MR) is 109 cm³/mol. The molecule has 0 spiro atoms. The molecule has 27 heavy (non-hydrogen) atoms. The lowest BCUT2D eigenvalue weighted by Crippen LogP contribution is -2.38. The van der Waals surface area contributed by atoms with Crippen LogP contribution in [0.3, 0.4) is 0 Å². The summed E-state index contributed by atoms with van der Waals surface area (Å²) in [7, 11) is 3.97. The Morgan fingerprint density at radius 2 is 1.96 bits per heavy atom. The number of benzene rings is 1. The molecular formula is C21H27N3O2S. The van der Waals surface area contributed by atoms with E-state index in [0.717, 1.165) is 25.1 Å². The highest BCUT2D eigenvalue weighted by Crippen LogP contribution is 2.24. The van der Waals surface area contributed by atoms with Gasteiger partial charge in [-0.1, -0.05) is 30.3 Å². The van der Waals surface area contributed by atoms with Gasteiger partial charge in [0.1, 0.15) is 0 Å². The summed E-state index contributed by atoms with van der Waals surface area (Å²) in [5.41, 5.74) is 2.33. The summed E-state index contributed by atoms with van der Waals surface area (Å²) >= 11 is 1.76. The zero-order chi connectivity index (χ0) is 19.2. The van der Waals surface area contributed by atoms with Gasteiger partial charge in [-0.25, -0.2) is 0 Å². The van der Waals surface area contributed by atoms with Crippen LogP contribution in [-0.2, 0) is 22.6 Å². The number of hydrogen-bond donors (Lipinski definition) is 1. The maximum atomic E-state index is 12.5. The highest BCUT2D eigenvalue weighted by Gasteiger charge is 2.22. The Labute approximate surface area is 165 Å². The topological polar surface area (TPSA) is 52.7 Å². The molecule has 144 valence electrons. The lowest BCUT2D eigenvalue weighted by atomic mass is 10.1. The van der Waals surface area contributed by atoms with Gasteiger partial charge in [-0.3, -0.25) is 9.59 Å². The first-order valence-corrected chi connectivity index (χ1v) is 10.2. The van der Waals surface area contributed by atoms with E-state index in [-0.39, 0.29) is 30.7 Å². The number of nitrogens with zero attached hydrogens (tertiary/aromatic N) is 2. The first kappa shape index (κ1) is 19.6. The second-order valence-corrected chi connectivity index (χ2v) is 8.23. The summed E-state index contributed by atoms with van der Waals surface area (Å²) in [5, 5.41) is 5.17. The van der Waals surface area contributed by atoms with Crippen molar-refractivity contribution in [1.29, 1.82) is 0 Å². The predicted octanol–water partition coefficient (Wildman–Crippen LogP) is 2.83. The molecule has 0 fully saturated rings. The minimum absolute atomic E-state index is 0.0610. The Balaban J connectivity index is 1.51. The number of hydrogen-bond acceptors (Lipinski definition) is 4. The number of thiophene rings is 1. The van der Waals surface area contributed by atoms with Crippen molar-refractivity contribution in [2.45, 2.75) is 31.8 Å². The highest BCUT2D eigenvalue weighted by atomic mass is 32.1. The Bertz CT molecular complexity index is 773. The molecule has 2 amide bonds. The molecule has 3 rings (SSSR count). The third kappa shape index (κ3) is 5.40. The van der Waals surface area contributed by atoms with E-state index in [1.165, 1.54) is 10.4 Å². The fraction of sp³-hybridized carbons (Fsp3) is 0.429. The summed E-state index contributed by atoms with van der Waals surface area (Å²) in [6, 6.07) is 12.0. The van der Waals surface area contributed by atoms with Gasteiger partial charge in [-0.2, -0.15) is 0 Å². The summed E-state index contributed by atoms with van der Waals surface area (Å²) in [6.07, 6.45) is 1.40.